The SMILES string of the molecule is Cc1cncc(C(=O)NC(CN)C2CC2)c1. The van der Waals surface area contributed by atoms with E-state index in [0.29, 0.717) is 18.0 Å². The minimum atomic E-state index is -0.0708. The number of hydrogen-bond donors (Lipinski definition) is 2. The van der Waals surface area contributed by atoms with E-state index in [0.717, 1.165) is 5.56 Å². The van der Waals surface area contributed by atoms with E-state index >= 15 is 0 Å². The average Bonchev–Trinajstić information content (AvgIpc) is 3.09. The number of hydrogen-bond acceptors (Lipinski definition) is 3. The van der Waals surface area contributed by atoms with Crippen molar-refractivity contribution in [3.05, 3.63) is 29.6 Å². The quantitative estimate of drug-likeness (QED) is 0.789. The molecule has 1 unspecified atom stereocenters. The lowest BCUT2D eigenvalue weighted by atomic mass is 10.1. The third-order valence-corrected chi connectivity index (χ3v) is 2.90. The molecule has 1 heterocycles. The van der Waals surface area contributed by atoms with E-state index in [9.17, 15) is 4.79 Å². The molecule has 1 saturated carbocycles. The molecule has 1 aromatic heterocycles. The van der Waals surface area contributed by atoms with Crippen LogP contribution in [0.5, 0.6) is 0 Å². The molecule has 2 rings (SSSR count). The molecule has 1 fully saturated rings. The van der Waals surface area contributed by atoms with E-state index in [1.165, 1.54) is 12.8 Å². The fourth-order valence-electron chi connectivity index (χ4n) is 1.80. The molecule has 1 aliphatic carbocycles. The Balaban J connectivity index is 2.01. The maximum atomic E-state index is 11.9. The van der Waals surface area contributed by atoms with Crippen molar-refractivity contribution in [2.24, 2.45) is 11.7 Å². The number of aryl methyl sites for hydroxylation is 1. The molecule has 0 saturated heterocycles. The van der Waals surface area contributed by atoms with Crippen molar-refractivity contribution in [1.82, 2.24) is 10.3 Å². The minimum absolute atomic E-state index is 0.0708. The topological polar surface area (TPSA) is 68.0 Å². The summed E-state index contributed by atoms with van der Waals surface area (Å²) in [5.41, 5.74) is 7.24. The van der Waals surface area contributed by atoms with Gasteiger partial charge in [-0.3, -0.25) is 9.78 Å². The number of nitrogens with one attached hydrogen (secondary N) is 1. The summed E-state index contributed by atoms with van der Waals surface area (Å²) < 4.78 is 0. The normalized spacial score (nSPS) is 16.9. The first-order valence-corrected chi connectivity index (χ1v) is 5.63. The van der Waals surface area contributed by atoms with Crippen molar-refractivity contribution < 1.29 is 4.79 Å². The molecule has 1 aliphatic rings. The van der Waals surface area contributed by atoms with Gasteiger partial charge in [0.25, 0.3) is 5.91 Å². The van der Waals surface area contributed by atoms with E-state index < -0.39 is 0 Å². The molecule has 4 heteroatoms. The van der Waals surface area contributed by atoms with Gasteiger partial charge in [0, 0.05) is 25.0 Å². The summed E-state index contributed by atoms with van der Waals surface area (Å²) in [7, 11) is 0. The third-order valence-electron chi connectivity index (χ3n) is 2.90. The first-order chi connectivity index (χ1) is 7.70. The van der Waals surface area contributed by atoms with Crippen LogP contribution in [-0.4, -0.2) is 23.5 Å². The van der Waals surface area contributed by atoms with Crippen molar-refractivity contribution >= 4 is 5.91 Å². The highest BCUT2D eigenvalue weighted by atomic mass is 16.1. The molecule has 0 aromatic carbocycles. The van der Waals surface area contributed by atoms with Crippen LogP contribution in [-0.2, 0) is 0 Å². The van der Waals surface area contributed by atoms with E-state index in [2.05, 4.69) is 10.3 Å². The zero-order valence-electron chi connectivity index (χ0n) is 9.44. The number of nitrogens with two attached hydrogens (primary N) is 1. The number of nitrogens with zero attached hydrogens (tertiary/aromatic N) is 1. The average molecular weight is 219 g/mol. The molecule has 4 nitrogen and oxygen atoms in total. The summed E-state index contributed by atoms with van der Waals surface area (Å²) in [5.74, 6) is 0.505. The van der Waals surface area contributed by atoms with Gasteiger partial charge in [-0.05, 0) is 37.3 Å². The lowest BCUT2D eigenvalue weighted by Gasteiger charge is -2.15. The molecular weight excluding hydrogens is 202 g/mol. The van der Waals surface area contributed by atoms with Gasteiger partial charge in [-0.2, -0.15) is 0 Å². The van der Waals surface area contributed by atoms with E-state index in [4.69, 9.17) is 5.73 Å². The predicted molar refractivity (Wildman–Crippen MR) is 62.0 cm³/mol. The van der Waals surface area contributed by atoms with Crippen molar-refractivity contribution in [2.75, 3.05) is 6.54 Å². The Hall–Kier alpha value is -1.42. The van der Waals surface area contributed by atoms with Gasteiger partial charge in [0.05, 0.1) is 5.56 Å². The van der Waals surface area contributed by atoms with Crippen LogP contribution in [0.4, 0.5) is 0 Å². The van der Waals surface area contributed by atoms with E-state index in [1.807, 2.05) is 13.0 Å². The number of aromatic nitrogens is 1. The van der Waals surface area contributed by atoms with Crippen LogP contribution in [0.3, 0.4) is 0 Å². The predicted octanol–water partition coefficient (Wildman–Crippen LogP) is 0.857. The maximum absolute atomic E-state index is 11.9. The van der Waals surface area contributed by atoms with Gasteiger partial charge in [0.15, 0.2) is 0 Å². The van der Waals surface area contributed by atoms with Gasteiger partial charge in [-0.1, -0.05) is 0 Å². The van der Waals surface area contributed by atoms with Crippen molar-refractivity contribution in [3.8, 4) is 0 Å². The molecule has 86 valence electrons. The standard InChI is InChI=1S/C12H17N3O/c1-8-4-10(7-14-6-8)12(16)15-11(5-13)9-2-3-9/h4,6-7,9,11H,2-3,5,13H2,1H3,(H,15,16). The minimum Gasteiger partial charge on any atom is -0.348 e. The zero-order chi connectivity index (χ0) is 11.5. The number of amides is 1. The highest BCUT2D eigenvalue weighted by molar-refractivity contribution is 5.94. The summed E-state index contributed by atoms with van der Waals surface area (Å²) in [6.07, 6.45) is 5.67. The molecular formula is C12H17N3O. The molecule has 3 N–H and O–H groups in total. The zero-order valence-corrected chi connectivity index (χ0v) is 9.44. The Morgan fingerprint density at radius 1 is 1.62 bits per heavy atom. The number of rotatable bonds is 4. The fraction of sp³-hybridized carbons (Fsp3) is 0.500. The first-order valence-electron chi connectivity index (χ1n) is 5.63. The number of carbonyl (C=O) groups excluding carboxylic acids is 1. The largest absolute Gasteiger partial charge is 0.348 e. The van der Waals surface area contributed by atoms with Crippen LogP contribution in [0.1, 0.15) is 28.8 Å². The van der Waals surface area contributed by atoms with Crippen LogP contribution < -0.4 is 11.1 Å². The summed E-state index contributed by atoms with van der Waals surface area (Å²) in [6.45, 7) is 2.43. The van der Waals surface area contributed by atoms with Crippen molar-refractivity contribution in [3.63, 3.8) is 0 Å². The van der Waals surface area contributed by atoms with Crippen LogP contribution >= 0.6 is 0 Å². The summed E-state index contributed by atoms with van der Waals surface area (Å²) in [4.78, 5) is 15.9. The third kappa shape index (κ3) is 2.58. The van der Waals surface area contributed by atoms with Crippen LogP contribution in [0.15, 0.2) is 18.5 Å². The number of carbonyl (C=O) groups is 1. The summed E-state index contributed by atoms with van der Waals surface area (Å²) in [5, 5.41) is 2.97. The fourth-order valence-corrected chi connectivity index (χ4v) is 1.80. The number of pyridine rings is 1. The molecule has 0 radical (unpaired) electrons. The van der Waals surface area contributed by atoms with Gasteiger partial charge in [0.1, 0.15) is 0 Å². The van der Waals surface area contributed by atoms with Crippen LogP contribution in [0, 0.1) is 12.8 Å². The molecule has 1 amide bonds. The van der Waals surface area contributed by atoms with Gasteiger partial charge < -0.3 is 11.1 Å². The summed E-state index contributed by atoms with van der Waals surface area (Å²) >= 11 is 0. The highest BCUT2D eigenvalue weighted by Gasteiger charge is 2.31. The first kappa shape index (κ1) is 11.1. The Bertz CT molecular complexity index is 388. The van der Waals surface area contributed by atoms with Gasteiger partial charge in [-0.25, -0.2) is 0 Å². The molecule has 0 bridgehead atoms. The van der Waals surface area contributed by atoms with Crippen molar-refractivity contribution in [1.29, 1.82) is 0 Å². The Kier molecular flexibility index (Phi) is 3.19. The Morgan fingerprint density at radius 3 is 2.94 bits per heavy atom. The Labute approximate surface area is 95.3 Å². The monoisotopic (exact) mass is 219 g/mol. The van der Waals surface area contributed by atoms with Crippen molar-refractivity contribution in [2.45, 2.75) is 25.8 Å². The van der Waals surface area contributed by atoms with Gasteiger partial charge >= 0.3 is 0 Å². The lowest BCUT2D eigenvalue weighted by Crippen LogP contribution is -2.41. The highest BCUT2D eigenvalue weighted by Crippen LogP contribution is 2.32. The van der Waals surface area contributed by atoms with Gasteiger partial charge in [-0.15, -0.1) is 0 Å². The summed E-state index contributed by atoms with van der Waals surface area (Å²) in [6, 6.07) is 1.95. The van der Waals surface area contributed by atoms with E-state index in [-0.39, 0.29) is 11.9 Å². The van der Waals surface area contributed by atoms with E-state index in [1.54, 1.807) is 12.4 Å². The molecule has 16 heavy (non-hydrogen) atoms. The lowest BCUT2D eigenvalue weighted by molar-refractivity contribution is 0.0933. The Morgan fingerprint density at radius 2 is 2.38 bits per heavy atom. The second kappa shape index (κ2) is 4.61. The second-order valence-corrected chi connectivity index (χ2v) is 4.40. The van der Waals surface area contributed by atoms with Gasteiger partial charge in [0.2, 0.25) is 0 Å². The second-order valence-electron chi connectivity index (χ2n) is 4.40. The van der Waals surface area contributed by atoms with Crippen LogP contribution in [0.25, 0.3) is 0 Å². The molecule has 0 spiro atoms. The molecule has 0 aliphatic heterocycles. The molecule has 1 atom stereocenters. The van der Waals surface area contributed by atoms with Crippen LogP contribution in [0.2, 0.25) is 0 Å². The maximum Gasteiger partial charge on any atom is 0.253 e. The smallest absolute Gasteiger partial charge is 0.253 e. The molecule has 1 aromatic rings.